The summed E-state index contributed by atoms with van der Waals surface area (Å²) in [6, 6.07) is 6.20. The van der Waals surface area contributed by atoms with Gasteiger partial charge in [-0.05, 0) is 36.6 Å². The van der Waals surface area contributed by atoms with Gasteiger partial charge in [0.25, 0.3) is 5.92 Å². The molecule has 0 radical (unpaired) electrons. The molecular weight excluding hydrogens is 499 g/mol. The number of fused-ring (bicyclic) bond motifs is 3. The summed E-state index contributed by atoms with van der Waals surface area (Å²) in [7, 11) is 0. The lowest BCUT2D eigenvalue weighted by Gasteiger charge is -2.40. The molecule has 0 bridgehead atoms. The van der Waals surface area contributed by atoms with Crippen LogP contribution in [0.2, 0.25) is 0 Å². The Morgan fingerprint density at radius 1 is 1.08 bits per heavy atom. The standard InChI is InChI=1S/C25H21F5N4O3/c26-17-6-14(11-36-20-9-21-33-5-1-2-15(33)10-34(21)23(35)32-20)7-18(27)22(17)37-16-3-4-31-19(8-16)24(28)12-25(29,30)13-24/h3-4,6-9,15H,1-2,5,10-13H2. The highest BCUT2D eigenvalue weighted by atomic mass is 19.3. The first kappa shape index (κ1) is 23.7. The molecule has 6 rings (SSSR count). The van der Waals surface area contributed by atoms with E-state index in [1.54, 1.807) is 10.6 Å². The lowest BCUT2D eigenvalue weighted by Crippen LogP contribution is -2.46. The van der Waals surface area contributed by atoms with Crippen LogP contribution in [-0.4, -0.2) is 33.0 Å². The maximum absolute atomic E-state index is 14.7. The Balaban J connectivity index is 1.16. The fourth-order valence-electron chi connectivity index (χ4n) is 5.23. The number of alkyl halides is 3. The molecule has 1 atom stereocenters. The zero-order valence-electron chi connectivity index (χ0n) is 19.4. The third-order valence-electron chi connectivity index (χ3n) is 6.96. The van der Waals surface area contributed by atoms with Gasteiger partial charge in [0.15, 0.2) is 23.1 Å². The van der Waals surface area contributed by atoms with Crippen molar-refractivity contribution in [3.8, 4) is 17.4 Å². The minimum absolute atomic E-state index is 0.0518. The number of rotatable bonds is 6. The Kier molecular flexibility index (Phi) is 5.39. The van der Waals surface area contributed by atoms with Gasteiger partial charge in [0.1, 0.15) is 18.2 Å². The Bertz CT molecular complexity index is 1420. The average Bonchev–Trinajstić information content (AvgIpc) is 3.42. The minimum Gasteiger partial charge on any atom is -0.473 e. The maximum Gasteiger partial charge on any atom is 0.352 e. The minimum atomic E-state index is -3.12. The van der Waals surface area contributed by atoms with Crippen LogP contribution in [0.15, 0.2) is 41.3 Å². The molecule has 1 aromatic carbocycles. The van der Waals surface area contributed by atoms with Gasteiger partial charge in [0, 0.05) is 37.5 Å². The SMILES string of the molecule is O=c1nc(OCc2cc(F)c(Oc3ccnc(C4(F)CC(F)(F)C4)c3)c(F)c2)cc2n1CC1CCCN21. The van der Waals surface area contributed by atoms with E-state index < -0.39 is 47.5 Å². The predicted molar refractivity (Wildman–Crippen MR) is 121 cm³/mol. The van der Waals surface area contributed by atoms with Crippen molar-refractivity contribution in [2.45, 2.75) is 56.5 Å². The highest BCUT2D eigenvalue weighted by Gasteiger charge is 2.59. The van der Waals surface area contributed by atoms with Crippen LogP contribution in [-0.2, 0) is 18.8 Å². The number of anilines is 1. The lowest BCUT2D eigenvalue weighted by atomic mass is 9.76. The van der Waals surface area contributed by atoms with Gasteiger partial charge in [0.2, 0.25) is 5.88 Å². The molecule has 2 fully saturated rings. The molecule has 3 aliphatic rings. The normalized spacial score (nSPS) is 20.8. The molecule has 12 heteroatoms. The van der Waals surface area contributed by atoms with E-state index in [0.29, 0.717) is 6.54 Å². The second kappa shape index (κ2) is 8.42. The molecular formula is C25H21F5N4O3. The second-order valence-electron chi connectivity index (χ2n) is 9.67. The van der Waals surface area contributed by atoms with Gasteiger partial charge in [-0.25, -0.2) is 26.7 Å². The summed E-state index contributed by atoms with van der Waals surface area (Å²) in [4.78, 5) is 22.2. The fraction of sp³-hybridized carbons (Fsp3) is 0.400. The summed E-state index contributed by atoms with van der Waals surface area (Å²) in [5, 5.41) is 0. The molecule has 0 N–H and O–H groups in total. The van der Waals surface area contributed by atoms with Gasteiger partial charge in [-0.15, -0.1) is 0 Å². The number of hydrogen-bond donors (Lipinski definition) is 0. The van der Waals surface area contributed by atoms with Crippen LogP contribution in [0, 0.1) is 11.6 Å². The zero-order valence-corrected chi connectivity index (χ0v) is 19.4. The van der Waals surface area contributed by atoms with E-state index in [0.717, 1.165) is 49.6 Å². The van der Waals surface area contributed by atoms with Gasteiger partial charge in [-0.3, -0.25) is 9.55 Å². The molecule has 1 saturated carbocycles. The van der Waals surface area contributed by atoms with Crippen molar-refractivity contribution in [1.29, 1.82) is 0 Å². The van der Waals surface area contributed by atoms with Crippen molar-refractivity contribution < 1.29 is 31.4 Å². The smallest absolute Gasteiger partial charge is 0.352 e. The van der Waals surface area contributed by atoms with Gasteiger partial charge in [-0.1, -0.05) is 0 Å². The van der Waals surface area contributed by atoms with Crippen LogP contribution in [0.25, 0.3) is 0 Å². The van der Waals surface area contributed by atoms with Crippen molar-refractivity contribution in [1.82, 2.24) is 14.5 Å². The van der Waals surface area contributed by atoms with Crippen molar-refractivity contribution in [2.75, 3.05) is 11.4 Å². The first-order valence-electron chi connectivity index (χ1n) is 11.8. The van der Waals surface area contributed by atoms with Crippen molar-refractivity contribution in [2.24, 2.45) is 0 Å². The third-order valence-corrected chi connectivity index (χ3v) is 6.96. The van der Waals surface area contributed by atoms with Crippen LogP contribution in [0.1, 0.15) is 36.9 Å². The molecule has 4 heterocycles. The van der Waals surface area contributed by atoms with E-state index >= 15 is 0 Å². The quantitative estimate of drug-likeness (QED) is 0.433. The summed E-state index contributed by atoms with van der Waals surface area (Å²) in [5.74, 6) is -5.35. The molecule has 2 aromatic heterocycles. The lowest BCUT2D eigenvalue weighted by molar-refractivity contribution is -0.176. The van der Waals surface area contributed by atoms with Crippen LogP contribution in [0.3, 0.4) is 0 Å². The monoisotopic (exact) mass is 520 g/mol. The van der Waals surface area contributed by atoms with E-state index in [1.165, 1.54) is 6.07 Å². The number of halogens is 5. The molecule has 1 unspecified atom stereocenters. The molecule has 194 valence electrons. The van der Waals surface area contributed by atoms with E-state index in [4.69, 9.17) is 9.47 Å². The zero-order chi connectivity index (χ0) is 25.9. The number of aromatic nitrogens is 3. The van der Waals surface area contributed by atoms with E-state index in [9.17, 15) is 26.7 Å². The molecule has 0 spiro atoms. The Labute approximate surface area is 207 Å². The molecule has 2 aliphatic heterocycles. The number of pyridine rings is 1. The topological polar surface area (TPSA) is 69.5 Å². The van der Waals surface area contributed by atoms with Crippen LogP contribution >= 0.6 is 0 Å². The number of benzene rings is 1. The van der Waals surface area contributed by atoms with Crippen molar-refractivity contribution in [3.05, 3.63) is 69.9 Å². The molecule has 7 nitrogen and oxygen atoms in total. The maximum atomic E-state index is 14.7. The third kappa shape index (κ3) is 4.27. The van der Waals surface area contributed by atoms with Crippen LogP contribution < -0.4 is 20.1 Å². The largest absolute Gasteiger partial charge is 0.473 e. The van der Waals surface area contributed by atoms with Gasteiger partial charge in [0.05, 0.1) is 18.5 Å². The highest BCUT2D eigenvalue weighted by Crippen LogP contribution is 2.54. The summed E-state index contributed by atoms with van der Waals surface area (Å²) in [5.41, 5.74) is -2.94. The number of nitrogens with zero attached hydrogens (tertiary/aromatic N) is 4. The Morgan fingerprint density at radius 2 is 1.84 bits per heavy atom. The average molecular weight is 520 g/mol. The Hall–Kier alpha value is -3.70. The molecule has 1 aliphatic carbocycles. The van der Waals surface area contributed by atoms with E-state index in [2.05, 4.69) is 14.9 Å². The molecule has 37 heavy (non-hydrogen) atoms. The van der Waals surface area contributed by atoms with E-state index in [1.807, 2.05) is 0 Å². The summed E-state index contributed by atoms with van der Waals surface area (Å²) < 4.78 is 82.9. The predicted octanol–water partition coefficient (Wildman–Crippen LogP) is 4.86. The molecule has 0 amide bonds. The summed E-state index contributed by atoms with van der Waals surface area (Å²) in [6.07, 6.45) is 1.12. The highest BCUT2D eigenvalue weighted by molar-refractivity contribution is 5.48. The number of hydrogen-bond acceptors (Lipinski definition) is 6. The van der Waals surface area contributed by atoms with Gasteiger partial charge in [-0.2, -0.15) is 4.98 Å². The van der Waals surface area contributed by atoms with Gasteiger partial charge >= 0.3 is 5.69 Å². The fourth-order valence-corrected chi connectivity index (χ4v) is 5.23. The Morgan fingerprint density at radius 3 is 2.57 bits per heavy atom. The first-order valence-corrected chi connectivity index (χ1v) is 11.8. The van der Waals surface area contributed by atoms with Crippen LogP contribution in [0.5, 0.6) is 17.4 Å². The first-order chi connectivity index (χ1) is 17.6. The molecule has 1 saturated heterocycles. The van der Waals surface area contributed by atoms with E-state index in [-0.39, 0.29) is 35.5 Å². The van der Waals surface area contributed by atoms with Gasteiger partial charge < -0.3 is 14.4 Å². The second-order valence-corrected chi connectivity index (χ2v) is 9.67. The van der Waals surface area contributed by atoms with Crippen molar-refractivity contribution in [3.63, 3.8) is 0 Å². The summed E-state index contributed by atoms with van der Waals surface area (Å²) >= 11 is 0. The molecule has 3 aromatic rings. The van der Waals surface area contributed by atoms with Crippen LogP contribution in [0.4, 0.5) is 27.8 Å². The summed E-state index contributed by atoms with van der Waals surface area (Å²) in [6.45, 7) is 1.16. The number of ether oxygens (including phenoxy) is 2. The van der Waals surface area contributed by atoms with Crippen molar-refractivity contribution >= 4 is 5.82 Å².